The van der Waals surface area contributed by atoms with E-state index in [-0.39, 0.29) is 18.2 Å². The van der Waals surface area contributed by atoms with Gasteiger partial charge in [-0.1, -0.05) is 42.5 Å². The van der Waals surface area contributed by atoms with Crippen LogP contribution in [-0.4, -0.2) is 109 Å². The van der Waals surface area contributed by atoms with E-state index in [4.69, 9.17) is 33.2 Å². The molecule has 1 aliphatic rings. The average molecular weight is 714 g/mol. The summed E-state index contributed by atoms with van der Waals surface area (Å²) in [5.41, 5.74) is 3.34. The predicted octanol–water partition coefficient (Wildman–Crippen LogP) is 3.55. The van der Waals surface area contributed by atoms with Crippen molar-refractivity contribution in [2.75, 3.05) is 80.5 Å². The quantitative estimate of drug-likeness (QED) is 0.0710. The highest BCUT2D eigenvalue weighted by molar-refractivity contribution is 7.84. The van der Waals surface area contributed by atoms with Crippen LogP contribution in [0.5, 0.6) is 11.5 Å². The Morgan fingerprint density at radius 3 is 2.00 bits per heavy atom. The molecule has 0 aromatic heterocycles. The third-order valence-corrected chi connectivity index (χ3v) is 9.78. The number of esters is 1. The van der Waals surface area contributed by atoms with Gasteiger partial charge < -0.3 is 38.5 Å². The van der Waals surface area contributed by atoms with E-state index in [9.17, 15) is 13.8 Å². The lowest BCUT2D eigenvalue weighted by molar-refractivity contribution is -0.146. The number of nitrogens with zero attached hydrogens (tertiary/aromatic N) is 1. The number of ether oxygens (including phenoxy) is 7. The smallest absolute Gasteiger partial charge is 0.328 e. The van der Waals surface area contributed by atoms with Gasteiger partial charge in [0.15, 0.2) is 10.8 Å². The van der Waals surface area contributed by atoms with Crippen LogP contribution in [0, 0.1) is 0 Å². The van der Waals surface area contributed by atoms with Gasteiger partial charge in [-0.2, -0.15) is 0 Å². The molecule has 0 bridgehead atoms. The molecule has 1 aliphatic heterocycles. The third kappa shape index (κ3) is 11.3. The van der Waals surface area contributed by atoms with Crippen molar-refractivity contribution < 1.29 is 47.0 Å². The van der Waals surface area contributed by atoms with Gasteiger partial charge in [0.25, 0.3) is 0 Å². The molecule has 3 aromatic carbocycles. The maximum absolute atomic E-state index is 13.2. The summed E-state index contributed by atoms with van der Waals surface area (Å²) in [6.45, 7) is 3.97. The molecule has 0 spiro atoms. The van der Waals surface area contributed by atoms with Crippen LogP contribution in [0.3, 0.4) is 0 Å². The molecule has 3 aromatic rings. The van der Waals surface area contributed by atoms with Crippen LogP contribution in [0.1, 0.15) is 17.5 Å². The Hall–Kier alpha value is -3.85. The van der Waals surface area contributed by atoms with Crippen molar-refractivity contribution in [3.05, 3.63) is 77.9 Å². The van der Waals surface area contributed by atoms with Gasteiger partial charge in [-0.15, -0.1) is 4.21 Å². The normalized spacial score (nSPS) is 15.5. The van der Waals surface area contributed by atoms with Crippen LogP contribution in [0.25, 0.3) is 11.1 Å². The van der Waals surface area contributed by atoms with Crippen LogP contribution in [0.4, 0.5) is 0 Å². The van der Waals surface area contributed by atoms with Crippen molar-refractivity contribution in [3.63, 3.8) is 0 Å². The number of carbonyl (C=O) groups excluding carboxylic acids is 2. The monoisotopic (exact) mass is 713 g/mol. The van der Waals surface area contributed by atoms with Crippen molar-refractivity contribution in [2.24, 2.45) is 0 Å². The van der Waals surface area contributed by atoms with E-state index >= 15 is 0 Å². The summed E-state index contributed by atoms with van der Waals surface area (Å²) in [5, 5.41) is 2.87. The van der Waals surface area contributed by atoms with E-state index in [2.05, 4.69) is 5.32 Å². The van der Waals surface area contributed by atoms with Crippen molar-refractivity contribution in [3.8, 4) is 22.6 Å². The molecule has 1 amide bonds. The zero-order valence-electron chi connectivity index (χ0n) is 29.3. The van der Waals surface area contributed by atoms with Crippen LogP contribution in [-0.2, 0) is 61.3 Å². The van der Waals surface area contributed by atoms with E-state index in [0.29, 0.717) is 70.7 Å². The maximum Gasteiger partial charge on any atom is 0.328 e. The Labute approximate surface area is 296 Å². The van der Waals surface area contributed by atoms with E-state index < -0.39 is 28.9 Å². The van der Waals surface area contributed by atoms with Gasteiger partial charge in [0, 0.05) is 20.1 Å². The molecule has 3 atom stereocenters. The number of amides is 1. The Balaban J connectivity index is 1.33. The van der Waals surface area contributed by atoms with Crippen LogP contribution < -0.4 is 14.8 Å². The van der Waals surface area contributed by atoms with Gasteiger partial charge >= 0.3 is 5.97 Å². The number of carbonyl (C=O) groups is 2. The fourth-order valence-corrected chi connectivity index (χ4v) is 6.84. The Bertz CT molecular complexity index is 1500. The Morgan fingerprint density at radius 1 is 0.820 bits per heavy atom. The summed E-state index contributed by atoms with van der Waals surface area (Å²) in [5.74, 6) is 0.708. The fourth-order valence-electron chi connectivity index (χ4n) is 5.50. The molecular weight excluding hydrogens is 664 g/mol. The number of benzene rings is 3. The average Bonchev–Trinajstić information content (AvgIpc) is 3.13. The molecule has 13 heteroatoms. The van der Waals surface area contributed by atoms with E-state index in [1.807, 2.05) is 71.6 Å². The molecular formula is C37H49N2O10S+. The number of thiol groups is 1. The SMILES string of the molecule is COCCOCCOCCOCc1cc(OC)c(-c2ccc(CC(NC(=O)[C@@H]3CCN3C[SH+](=O)c3ccccc3)C(=O)OC)cc2)c(OC)c1. The molecule has 0 aliphatic carbocycles. The first-order valence-corrected chi connectivity index (χ1v) is 18.0. The molecule has 1 N–H and O–H groups in total. The molecule has 0 radical (unpaired) electrons. The van der Waals surface area contributed by atoms with E-state index in [1.54, 1.807) is 21.3 Å². The van der Waals surface area contributed by atoms with Crippen LogP contribution in [0.15, 0.2) is 71.6 Å². The number of methoxy groups -OCH3 is 4. The molecule has 12 nitrogen and oxygen atoms in total. The van der Waals surface area contributed by atoms with Gasteiger partial charge in [0.05, 0.1) is 79.2 Å². The highest BCUT2D eigenvalue weighted by Gasteiger charge is 2.38. The number of nitrogens with one attached hydrogen (secondary N) is 1. The lowest BCUT2D eigenvalue weighted by Gasteiger charge is -2.37. The molecule has 50 heavy (non-hydrogen) atoms. The highest BCUT2D eigenvalue weighted by atomic mass is 32.2. The van der Waals surface area contributed by atoms with Gasteiger partial charge in [-0.05, 0) is 47.4 Å². The molecule has 272 valence electrons. The molecule has 1 saturated heterocycles. The van der Waals surface area contributed by atoms with Gasteiger partial charge in [0.1, 0.15) is 28.3 Å². The Morgan fingerprint density at radius 2 is 1.44 bits per heavy atom. The summed E-state index contributed by atoms with van der Waals surface area (Å²) in [7, 11) is 4.47. The lowest BCUT2D eigenvalue weighted by atomic mass is 9.97. The standard InChI is InChI=1S/C37H48N2O10S/c1-43-16-17-47-18-19-48-20-21-49-25-28-23-33(44-2)35(34(24-28)45-3)29-12-10-27(11-13-29)22-31(37(41)46-4)38-36(40)32-14-15-39(32)26-50(42)30-8-6-5-7-9-30/h5-13,23-24,31-32H,14-22,25-26H2,1-4H3,(H,38,40)/p+1/t31?,32-,50?/m0/s1. The van der Waals surface area contributed by atoms with Crippen molar-refractivity contribution >= 4 is 22.7 Å². The number of likely N-dealkylation sites (tertiary alicyclic amines) is 1. The summed E-state index contributed by atoms with van der Waals surface area (Å²) < 4.78 is 51.0. The van der Waals surface area contributed by atoms with Crippen LogP contribution >= 0.6 is 0 Å². The van der Waals surface area contributed by atoms with Crippen molar-refractivity contribution in [2.45, 2.75) is 36.4 Å². The molecule has 1 fully saturated rings. The first kappa shape index (κ1) is 38.9. The van der Waals surface area contributed by atoms with E-state index in [1.165, 1.54) is 7.11 Å². The zero-order valence-corrected chi connectivity index (χ0v) is 30.2. The largest absolute Gasteiger partial charge is 0.496 e. The topological polar surface area (TPSA) is 131 Å². The third-order valence-electron chi connectivity index (χ3n) is 8.28. The zero-order chi connectivity index (χ0) is 35.7. The number of rotatable bonds is 22. The Kier molecular flexibility index (Phi) is 16.1. The summed E-state index contributed by atoms with van der Waals surface area (Å²) in [6, 6.07) is 19.4. The lowest BCUT2D eigenvalue weighted by Crippen LogP contribution is -2.59. The van der Waals surface area contributed by atoms with Gasteiger partial charge in [-0.25, -0.2) is 9.69 Å². The predicted molar refractivity (Wildman–Crippen MR) is 190 cm³/mol. The minimum Gasteiger partial charge on any atom is -0.496 e. The highest BCUT2D eigenvalue weighted by Crippen LogP contribution is 2.40. The van der Waals surface area contributed by atoms with Gasteiger partial charge in [0.2, 0.25) is 5.91 Å². The van der Waals surface area contributed by atoms with Gasteiger partial charge in [-0.3, -0.25) is 4.79 Å². The maximum atomic E-state index is 13.2. The molecule has 2 unspecified atom stereocenters. The van der Waals surface area contributed by atoms with E-state index in [0.717, 1.165) is 27.1 Å². The number of hydrogen-bond acceptors (Lipinski definition) is 11. The van der Waals surface area contributed by atoms with Crippen molar-refractivity contribution in [1.82, 2.24) is 10.2 Å². The second-order valence-corrected chi connectivity index (χ2v) is 13.2. The van der Waals surface area contributed by atoms with Crippen LogP contribution in [0.2, 0.25) is 0 Å². The molecule has 1 heterocycles. The summed E-state index contributed by atoms with van der Waals surface area (Å²) >= 11 is 0. The summed E-state index contributed by atoms with van der Waals surface area (Å²) in [6.07, 6.45) is 0.861. The van der Waals surface area contributed by atoms with Crippen molar-refractivity contribution in [1.29, 1.82) is 0 Å². The minimum absolute atomic E-state index is 0.235. The molecule has 0 saturated carbocycles. The second-order valence-electron chi connectivity index (χ2n) is 11.6. The number of hydrogen-bond donors (Lipinski definition) is 1. The second kappa shape index (κ2) is 20.7. The first-order chi connectivity index (χ1) is 24.4. The minimum atomic E-state index is -1.67. The summed E-state index contributed by atoms with van der Waals surface area (Å²) in [4.78, 5) is 28.6. The fraction of sp³-hybridized carbons (Fsp3) is 0.459. The first-order valence-electron chi connectivity index (χ1n) is 16.6. The molecule has 4 rings (SSSR count).